The fourth-order valence-corrected chi connectivity index (χ4v) is 1.79. The molecule has 0 rings (SSSR count). The van der Waals surface area contributed by atoms with Crippen LogP contribution in [0.4, 0.5) is 0 Å². The average Bonchev–Trinajstić information content (AvgIpc) is 2.35. The number of rotatable bonds is 8. The molecule has 0 saturated heterocycles. The second-order valence-corrected chi connectivity index (χ2v) is 6.50. The first-order valence-electron chi connectivity index (χ1n) is 5.67. The van der Waals surface area contributed by atoms with E-state index in [2.05, 4.69) is 5.16 Å². The zero-order valence-electron chi connectivity index (χ0n) is 11.4. The number of nitrogens with two attached hydrogens (primary N) is 1. The fraction of sp³-hybridized carbons (Fsp3) is 0.800. The van der Waals surface area contributed by atoms with Gasteiger partial charge >= 0.3 is 0 Å². The number of amides is 1. The Kier molecular flexibility index (Phi) is 7.38. The van der Waals surface area contributed by atoms with Crippen molar-refractivity contribution >= 4 is 21.6 Å². The molecule has 0 aliphatic carbocycles. The van der Waals surface area contributed by atoms with Gasteiger partial charge in [0.05, 0.1) is 6.61 Å². The van der Waals surface area contributed by atoms with Gasteiger partial charge in [0.1, 0.15) is 11.1 Å². The second kappa shape index (κ2) is 7.95. The van der Waals surface area contributed by atoms with E-state index >= 15 is 0 Å². The van der Waals surface area contributed by atoms with Crippen molar-refractivity contribution < 1.29 is 23.2 Å². The third-order valence-electron chi connectivity index (χ3n) is 2.63. The first-order valence-corrected chi connectivity index (χ1v) is 7.62. The van der Waals surface area contributed by atoms with Crippen LogP contribution < -0.4 is 5.73 Å². The Labute approximate surface area is 113 Å². The molecule has 0 bridgehead atoms. The van der Waals surface area contributed by atoms with E-state index in [0.717, 1.165) is 6.26 Å². The van der Waals surface area contributed by atoms with Crippen molar-refractivity contribution in [2.45, 2.75) is 18.6 Å². The van der Waals surface area contributed by atoms with Crippen LogP contribution in [0.15, 0.2) is 5.16 Å². The number of nitrogens with zero attached hydrogens (tertiary/aromatic N) is 2. The molecule has 0 aromatic heterocycles. The molecule has 0 aromatic rings. The van der Waals surface area contributed by atoms with Crippen LogP contribution in [-0.4, -0.2) is 68.6 Å². The van der Waals surface area contributed by atoms with Gasteiger partial charge in [0.2, 0.25) is 5.91 Å². The summed E-state index contributed by atoms with van der Waals surface area (Å²) in [5, 5.41) is 10.1. The Hall–Kier alpha value is -1.35. The third kappa shape index (κ3) is 6.39. The average molecular weight is 295 g/mol. The molecule has 112 valence electrons. The Morgan fingerprint density at radius 2 is 2.05 bits per heavy atom. The topological polar surface area (TPSA) is 122 Å². The quantitative estimate of drug-likeness (QED) is 0.257. The molecular formula is C10H21N3O5S. The van der Waals surface area contributed by atoms with Crippen LogP contribution in [0.2, 0.25) is 0 Å². The first kappa shape index (κ1) is 17.6. The minimum atomic E-state index is -3.46. The van der Waals surface area contributed by atoms with Crippen LogP contribution in [0.25, 0.3) is 0 Å². The zero-order chi connectivity index (χ0) is 15.1. The van der Waals surface area contributed by atoms with E-state index < -0.39 is 21.0 Å². The minimum absolute atomic E-state index is 0.0257. The summed E-state index contributed by atoms with van der Waals surface area (Å²) in [5.41, 5.74) is 5.32. The van der Waals surface area contributed by atoms with Gasteiger partial charge in [-0.25, -0.2) is 8.42 Å². The molecule has 0 aromatic carbocycles. The maximum Gasteiger partial charge on any atom is 0.240 e. The van der Waals surface area contributed by atoms with Crippen LogP contribution in [0, 0.1) is 0 Å². The summed E-state index contributed by atoms with van der Waals surface area (Å²) in [4.78, 5) is 13.4. The maximum absolute atomic E-state index is 12.0. The molecule has 0 saturated carbocycles. The molecule has 0 spiro atoms. The highest BCUT2D eigenvalue weighted by Crippen LogP contribution is 2.05. The Morgan fingerprint density at radius 1 is 1.47 bits per heavy atom. The zero-order valence-corrected chi connectivity index (χ0v) is 12.2. The summed E-state index contributed by atoms with van der Waals surface area (Å²) < 4.78 is 27.6. The van der Waals surface area contributed by atoms with Gasteiger partial charge in [-0.2, -0.15) is 0 Å². The van der Waals surface area contributed by atoms with E-state index in [1.54, 1.807) is 0 Å². The van der Waals surface area contributed by atoms with Crippen LogP contribution in [-0.2, 0) is 19.4 Å². The normalized spacial score (nSPS) is 14.2. The monoisotopic (exact) mass is 295 g/mol. The summed E-state index contributed by atoms with van der Waals surface area (Å²) in [5.74, 6) is -0.549. The van der Waals surface area contributed by atoms with Crippen LogP contribution in [0.3, 0.4) is 0 Å². The summed E-state index contributed by atoms with van der Waals surface area (Å²) in [7, 11) is -1.98. The predicted molar refractivity (Wildman–Crippen MR) is 70.8 cm³/mol. The molecule has 0 aliphatic rings. The van der Waals surface area contributed by atoms with Gasteiger partial charge in [-0.05, 0) is 6.92 Å². The molecule has 3 N–H and O–H groups in total. The third-order valence-corrected chi connectivity index (χ3v) is 4.12. The number of hydrogen-bond acceptors (Lipinski definition) is 6. The van der Waals surface area contributed by atoms with E-state index in [9.17, 15) is 13.2 Å². The van der Waals surface area contributed by atoms with E-state index in [1.807, 2.05) is 0 Å². The number of methoxy groups -OCH3 is 1. The van der Waals surface area contributed by atoms with E-state index in [-0.39, 0.29) is 32.0 Å². The Morgan fingerprint density at radius 3 is 2.47 bits per heavy atom. The summed E-state index contributed by atoms with van der Waals surface area (Å²) in [6, 6.07) is 0. The van der Waals surface area contributed by atoms with Crippen molar-refractivity contribution in [3.63, 3.8) is 0 Å². The van der Waals surface area contributed by atoms with Crippen molar-refractivity contribution in [3.05, 3.63) is 0 Å². The lowest BCUT2D eigenvalue weighted by Crippen LogP contribution is -2.44. The molecule has 8 nitrogen and oxygen atoms in total. The van der Waals surface area contributed by atoms with Crippen LogP contribution in [0.1, 0.15) is 13.3 Å². The second-order valence-electron chi connectivity index (χ2n) is 4.13. The van der Waals surface area contributed by atoms with E-state index in [1.165, 1.54) is 18.9 Å². The number of oxime groups is 1. The minimum Gasteiger partial charge on any atom is -0.409 e. The van der Waals surface area contributed by atoms with Crippen LogP contribution in [0.5, 0.6) is 0 Å². The van der Waals surface area contributed by atoms with Crippen molar-refractivity contribution in [2.24, 2.45) is 10.9 Å². The first-order chi connectivity index (χ1) is 8.73. The smallest absolute Gasteiger partial charge is 0.240 e. The van der Waals surface area contributed by atoms with Crippen molar-refractivity contribution in [2.75, 3.05) is 33.1 Å². The van der Waals surface area contributed by atoms with E-state index in [0.29, 0.717) is 0 Å². The summed E-state index contributed by atoms with van der Waals surface area (Å²) >= 11 is 0. The maximum atomic E-state index is 12.0. The lowest BCUT2D eigenvalue weighted by atomic mass is 10.3. The molecule has 1 atom stereocenters. The van der Waals surface area contributed by atoms with Crippen molar-refractivity contribution in [1.82, 2.24) is 4.90 Å². The Balaban J connectivity index is 4.78. The number of carbonyl (C=O) groups excluding carboxylic acids is 1. The standard InChI is InChI=1S/C10H21N3O5S/c1-8(19(3,16)17)10(14)13(6-7-18-2)5-4-9(11)12-15/h8,15H,4-7H2,1-3H3,(H2,11,12). The number of carbonyl (C=O) groups is 1. The highest BCUT2D eigenvalue weighted by Gasteiger charge is 2.28. The number of ether oxygens (including phenoxy) is 1. The fourth-order valence-electron chi connectivity index (χ4n) is 1.27. The van der Waals surface area contributed by atoms with E-state index in [4.69, 9.17) is 15.7 Å². The molecule has 0 radical (unpaired) electrons. The highest BCUT2D eigenvalue weighted by molar-refractivity contribution is 7.92. The molecular weight excluding hydrogens is 274 g/mol. The molecule has 1 unspecified atom stereocenters. The van der Waals surface area contributed by atoms with Crippen molar-refractivity contribution in [1.29, 1.82) is 0 Å². The molecule has 0 heterocycles. The number of hydrogen-bond donors (Lipinski definition) is 2. The lowest BCUT2D eigenvalue weighted by molar-refractivity contribution is -0.131. The molecule has 0 aliphatic heterocycles. The molecule has 0 fully saturated rings. The van der Waals surface area contributed by atoms with Gasteiger partial charge in [0.25, 0.3) is 0 Å². The number of sulfone groups is 1. The van der Waals surface area contributed by atoms with Crippen molar-refractivity contribution in [3.8, 4) is 0 Å². The summed E-state index contributed by atoms with van der Waals surface area (Å²) in [6.07, 6.45) is 1.16. The van der Waals surface area contributed by atoms with Gasteiger partial charge in [-0.3, -0.25) is 4.79 Å². The lowest BCUT2D eigenvalue weighted by Gasteiger charge is -2.24. The van der Waals surface area contributed by atoms with Gasteiger partial charge in [-0.15, -0.1) is 0 Å². The molecule has 9 heteroatoms. The van der Waals surface area contributed by atoms with Gasteiger partial charge < -0.3 is 20.6 Å². The predicted octanol–water partition coefficient (Wildman–Crippen LogP) is -0.969. The highest BCUT2D eigenvalue weighted by atomic mass is 32.2. The van der Waals surface area contributed by atoms with Gasteiger partial charge in [-0.1, -0.05) is 5.16 Å². The Bertz CT molecular complexity index is 421. The molecule has 19 heavy (non-hydrogen) atoms. The van der Waals surface area contributed by atoms with Gasteiger partial charge in [0.15, 0.2) is 9.84 Å². The number of amidine groups is 1. The SMILES string of the molecule is COCCN(CCC(N)=NO)C(=O)C(C)S(C)(=O)=O. The molecule has 1 amide bonds. The van der Waals surface area contributed by atoms with Crippen LogP contribution >= 0.6 is 0 Å². The summed E-state index contributed by atoms with van der Waals surface area (Å²) in [6.45, 7) is 2.02. The van der Waals surface area contributed by atoms with Gasteiger partial charge in [0, 0.05) is 32.9 Å². The largest absolute Gasteiger partial charge is 0.409 e.